The van der Waals surface area contributed by atoms with E-state index in [1.165, 1.54) is 14.0 Å². The molecule has 0 aromatic heterocycles. The summed E-state index contributed by atoms with van der Waals surface area (Å²) in [6, 6.07) is 13.9. The highest BCUT2D eigenvalue weighted by Crippen LogP contribution is 2.18. The van der Waals surface area contributed by atoms with Crippen LogP contribution < -0.4 is 10.6 Å². The van der Waals surface area contributed by atoms with Gasteiger partial charge in [-0.15, -0.1) is 0 Å². The van der Waals surface area contributed by atoms with Crippen molar-refractivity contribution < 1.29 is 29.0 Å². The number of rotatable bonds is 9. The van der Waals surface area contributed by atoms with Crippen molar-refractivity contribution in [3.63, 3.8) is 0 Å². The lowest BCUT2D eigenvalue weighted by molar-refractivity contribution is -0.145. The lowest BCUT2D eigenvalue weighted by Gasteiger charge is -2.24. The summed E-state index contributed by atoms with van der Waals surface area (Å²) in [5, 5.41) is 14.9. The van der Waals surface area contributed by atoms with Gasteiger partial charge in [0.2, 0.25) is 5.91 Å². The zero-order valence-electron chi connectivity index (χ0n) is 17.2. The first-order chi connectivity index (χ1) is 14.8. The van der Waals surface area contributed by atoms with Crippen LogP contribution in [-0.2, 0) is 32.1 Å². The van der Waals surface area contributed by atoms with Crippen LogP contribution in [0, 0.1) is 0 Å². The maximum atomic E-state index is 12.7. The number of carbonyl (C=O) groups is 3. The lowest BCUT2D eigenvalue weighted by Crippen LogP contribution is -2.56. The third kappa shape index (κ3) is 7.69. The number of benzene rings is 2. The van der Waals surface area contributed by atoms with Crippen molar-refractivity contribution in [2.75, 3.05) is 7.11 Å². The summed E-state index contributed by atoms with van der Waals surface area (Å²) in [5.74, 6) is -1.39. The minimum absolute atomic E-state index is 0.00758. The summed E-state index contributed by atoms with van der Waals surface area (Å²) in [6.07, 6.45) is -1.94. The van der Waals surface area contributed by atoms with Gasteiger partial charge in [0, 0.05) is 10.9 Å². The summed E-state index contributed by atoms with van der Waals surface area (Å²) >= 11 is 3.41. The molecule has 0 aliphatic heterocycles. The number of methoxy groups -OCH3 is 1. The molecule has 0 heterocycles. The molecule has 2 amide bonds. The highest BCUT2D eigenvalue weighted by atomic mass is 79.9. The van der Waals surface area contributed by atoms with Crippen LogP contribution in [0.15, 0.2) is 59.1 Å². The topological polar surface area (TPSA) is 114 Å². The monoisotopic (exact) mass is 492 g/mol. The van der Waals surface area contributed by atoms with Gasteiger partial charge in [-0.25, -0.2) is 9.59 Å². The summed E-state index contributed by atoms with van der Waals surface area (Å²) in [7, 11) is 1.22. The van der Waals surface area contributed by atoms with Gasteiger partial charge in [-0.3, -0.25) is 4.79 Å². The molecule has 0 fully saturated rings. The summed E-state index contributed by atoms with van der Waals surface area (Å²) in [6.45, 7) is 1.36. The van der Waals surface area contributed by atoms with Crippen molar-refractivity contribution in [1.82, 2.24) is 10.6 Å². The molecule has 3 atom stereocenters. The zero-order valence-corrected chi connectivity index (χ0v) is 18.8. The lowest BCUT2D eigenvalue weighted by atomic mass is 10.0. The van der Waals surface area contributed by atoms with Crippen LogP contribution in [-0.4, -0.2) is 48.4 Å². The van der Waals surface area contributed by atoms with Crippen LogP contribution in [0.3, 0.4) is 0 Å². The standard InChI is InChI=1S/C22H25BrN2O6/c1-14(26)19(25-22(29)31-13-15-8-4-3-5-9-15)20(27)24-18(21(28)30-2)12-16-10-6-7-11-17(16)23/h3-11,14,18-19,26H,12-13H2,1-2H3,(H,24,27)(H,25,29)/t14-,18+,19+/m1/s1. The molecule has 0 bridgehead atoms. The van der Waals surface area contributed by atoms with E-state index in [0.29, 0.717) is 0 Å². The first-order valence-corrected chi connectivity index (χ1v) is 10.4. The minimum atomic E-state index is -1.32. The number of carbonyl (C=O) groups excluding carboxylic acids is 3. The molecule has 3 N–H and O–H groups in total. The SMILES string of the molecule is COC(=O)[C@H](Cc1ccccc1Br)NC(=O)[C@@H](NC(=O)OCc1ccccc1)[C@@H](C)O. The molecule has 2 aromatic carbocycles. The van der Waals surface area contributed by atoms with Crippen LogP contribution >= 0.6 is 15.9 Å². The second kappa shape index (κ2) is 12.1. The third-order valence-electron chi connectivity index (χ3n) is 4.44. The summed E-state index contributed by atoms with van der Waals surface area (Å²) < 4.78 is 10.7. The van der Waals surface area contributed by atoms with Crippen LogP contribution in [0.25, 0.3) is 0 Å². The number of hydrogen-bond acceptors (Lipinski definition) is 6. The second-order valence-corrected chi connectivity index (χ2v) is 7.66. The Kier molecular flexibility index (Phi) is 9.48. The fraction of sp³-hybridized carbons (Fsp3) is 0.318. The van der Waals surface area contributed by atoms with Gasteiger partial charge in [0.1, 0.15) is 18.7 Å². The number of esters is 1. The molecule has 0 aliphatic carbocycles. The Labute approximate surface area is 189 Å². The Balaban J connectivity index is 2.03. The van der Waals surface area contributed by atoms with Crippen molar-refractivity contribution in [3.8, 4) is 0 Å². The highest BCUT2D eigenvalue weighted by molar-refractivity contribution is 9.10. The van der Waals surface area contributed by atoms with E-state index in [1.54, 1.807) is 36.4 Å². The normalized spacial score (nSPS) is 13.4. The molecule has 8 nitrogen and oxygen atoms in total. The third-order valence-corrected chi connectivity index (χ3v) is 5.21. The van der Waals surface area contributed by atoms with Crippen LogP contribution in [0.1, 0.15) is 18.1 Å². The van der Waals surface area contributed by atoms with E-state index in [1.807, 2.05) is 18.2 Å². The van der Waals surface area contributed by atoms with Gasteiger partial charge < -0.3 is 25.2 Å². The fourth-order valence-corrected chi connectivity index (χ4v) is 3.22. The summed E-state index contributed by atoms with van der Waals surface area (Å²) in [5.41, 5.74) is 1.55. The molecule has 0 unspecified atom stereocenters. The summed E-state index contributed by atoms with van der Waals surface area (Å²) in [4.78, 5) is 37.1. The minimum Gasteiger partial charge on any atom is -0.467 e. The largest absolute Gasteiger partial charge is 0.467 e. The molecule has 0 saturated carbocycles. The van der Waals surface area contributed by atoms with Gasteiger partial charge in [0.15, 0.2) is 0 Å². The van der Waals surface area contributed by atoms with Crippen molar-refractivity contribution in [1.29, 1.82) is 0 Å². The molecule has 0 radical (unpaired) electrons. The number of halogens is 1. The Morgan fingerprint density at radius 2 is 1.68 bits per heavy atom. The molecule has 2 aromatic rings. The number of aliphatic hydroxyl groups excluding tert-OH is 1. The van der Waals surface area contributed by atoms with E-state index >= 15 is 0 Å². The average Bonchev–Trinajstić information content (AvgIpc) is 2.76. The molecular formula is C22H25BrN2O6. The molecule has 0 saturated heterocycles. The van der Waals surface area contributed by atoms with Crippen molar-refractivity contribution in [3.05, 3.63) is 70.2 Å². The number of nitrogens with one attached hydrogen (secondary N) is 2. The van der Waals surface area contributed by atoms with Gasteiger partial charge in [-0.2, -0.15) is 0 Å². The van der Waals surface area contributed by atoms with E-state index in [2.05, 4.69) is 26.6 Å². The fourth-order valence-electron chi connectivity index (χ4n) is 2.78. The Bertz CT molecular complexity index is 891. The Morgan fingerprint density at radius 1 is 1.03 bits per heavy atom. The number of ether oxygens (including phenoxy) is 2. The predicted octanol–water partition coefficient (Wildman–Crippen LogP) is 2.33. The Hall–Kier alpha value is -2.91. The van der Waals surface area contributed by atoms with E-state index in [0.717, 1.165) is 15.6 Å². The van der Waals surface area contributed by atoms with Gasteiger partial charge >= 0.3 is 12.1 Å². The van der Waals surface area contributed by atoms with Gasteiger partial charge in [0.05, 0.1) is 13.2 Å². The smallest absolute Gasteiger partial charge is 0.408 e. The highest BCUT2D eigenvalue weighted by Gasteiger charge is 2.31. The van der Waals surface area contributed by atoms with Crippen molar-refractivity contribution in [2.24, 2.45) is 0 Å². The molecule has 9 heteroatoms. The Morgan fingerprint density at radius 3 is 2.29 bits per heavy atom. The van der Waals surface area contributed by atoms with Gasteiger partial charge in [-0.05, 0) is 24.1 Å². The molecule has 31 heavy (non-hydrogen) atoms. The number of alkyl carbamates (subject to hydrolysis) is 1. The van der Waals surface area contributed by atoms with Crippen LogP contribution in [0.2, 0.25) is 0 Å². The van der Waals surface area contributed by atoms with Crippen LogP contribution in [0.5, 0.6) is 0 Å². The first kappa shape index (κ1) is 24.4. The molecule has 166 valence electrons. The van der Waals surface area contributed by atoms with Crippen LogP contribution in [0.4, 0.5) is 4.79 Å². The number of aliphatic hydroxyl groups is 1. The first-order valence-electron chi connectivity index (χ1n) is 9.58. The molecule has 0 spiro atoms. The van der Waals surface area contributed by atoms with E-state index in [-0.39, 0.29) is 13.0 Å². The average molecular weight is 493 g/mol. The molecule has 0 aliphatic rings. The number of hydrogen-bond donors (Lipinski definition) is 3. The van der Waals surface area contributed by atoms with E-state index < -0.39 is 36.2 Å². The molecular weight excluding hydrogens is 468 g/mol. The van der Waals surface area contributed by atoms with E-state index in [4.69, 9.17) is 9.47 Å². The van der Waals surface area contributed by atoms with Gasteiger partial charge in [-0.1, -0.05) is 64.5 Å². The van der Waals surface area contributed by atoms with Crippen molar-refractivity contribution in [2.45, 2.75) is 38.1 Å². The quantitative estimate of drug-likeness (QED) is 0.462. The molecule has 2 rings (SSSR count). The zero-order chi connectivity index (χ0) is 22.8. The maximum absolute atomic E-state index is 12.7. The van der Waals surface area contributed by atoms with E-state index in [9.17, 15) is 19.5 Å². The maximum Gasteiger partial charge on any atom is 0.408 e. The van der Waals surface area contributed by atoms with Crippen molar-refractivity contribution >= 4 is 33.9 Å². The van der Waals surface area contributed by atoms with Gasteiger partial charge in [0.25, 0.3) is 0 Å². The second-order valence-electron chi connectivity index (χ2n) is 6.80. The predicted molar refractivity (Wildman–Crippen MR) is 117 cm³/mol. The number of amides is 2.